The summed E-state index contributed by atoms with van der Waals surface area (Å²) in [7, 11) is 0. The molecule has 0 aromatic heterocycles. The Hall–Kier alpha value is -1.32. The first-order chi connectivity index (χ1) is 14.2. The van der Waals surface area contributed by atoms with Gasteiger partial charge in [0.05, 0.1) is 5.92 Å². The Balaban J connectivity index is 1.59. The number of hydrogen-bond donors (Lipinski definition) is 1. The highest BCUT2D eigenvalue weighted by Gasteiger charge is 2.58. The van der Waals surface area contributed by atoms with Gasteiger partial charge in [0.15, 0.2) is 0 Å². The van der Waals surface area contributed by atoms with Crippen molar-refractivity contribution in [1.29, 1.82) is 0 Å². The zero-order valence-electron chi connectivity index (χ0n) is 19.7. The molecule has 4 rings (SSSR count). The van der Waals surface area contributed by atoms with E-state index in [1.807, 2.05) is 0 Å². The molecule has 0 aromatic rings. The van der Waals surface area contributed by atoms with Crippen LogP contribution in [0.15, 0.2) is 11.3 Å². The first-order valence-electron chi connectivity index (χ1n) is 12.4. The lowest BCUT2D eigenvalue weighted by atomic mass is 9.56. The van der Waals surface area contributed by atoms with E-state index in [1.54, 1.807) is 0 Å². The highest BCUT2D eigenvalue weighted by Crippen LogP contribution is 2.64. The van der Waals surface area contributed by atoms with Crippen molar-refractivity contribution in [2.24, 2.45) is 40.4 Å². The van der Waals surface area contributed by atoms with E-state index in [2.05, 4.69) is 39.9 Å². The van der Waals surface area contributed by atoms with Crippen molar-refractivity contribution >= 4 is 11.9 Å². The first kappa shape index (κ1) is 21.9. The minimum atomic E-state index is -0.324. The summed E-state index contributed by atoms with van der Waals surface area (Å²) in [5.41, 5.74) is 1.36. The summed E-state index contributed by atoms with van der Waals surface area (Å²) in [4.78, 5) is 25.2. The molecular formula is C26H41NO3. The molecule has 2 heterocycles. The third kappa shape index (κ3) is 3.52. The van der Waals surface area contributed by atoms with Crippen molar-refractivity contribution in [2.75, 3.05) is 6.54 Å². The molecule has 168 valence electrons. The molecule has 0 bridgehead atoms. The maximum absolute atomic E-state index is 13.1. The predicted octanol–water partition coefficient (Wildman–Crippen LogP) is 5.62. The highest BCUT2D eigenvalue weighted by atomic mass is 16.5. The smallest absolute Gasteiger partial charge is 0.315 e. The van der Waals surface area contributed by atoms with Crippen LogP contribution in [-0.4, -0.2) is 18.4 Å². The van der Waals surface area contributed by atoms with Crippen molar-refractivity contribution in [3.05, 3.63) is 11.3 Å². The second-order valence-corrected chi connectivity index (χ2v) is 11.6. The zero-order valence-corrected chi connectivity index (χ0v) is 19.7. The summed E-state index contributed by atoms with van der Waals surface area (Å²) < 4.78 is 6.11. The van der Waals surface area contributed by atoms with Crippen LogP contribution >= 0.6 is 0 Å². The minimum Gasteiger partial charge on any atom is -0.431 e. The maximum atomic E-state index is 13.1. The number of fused-ring (bicyclic) bond motifs is 4. The Morgan fingerprint density at radius 3 is 2.57 bits per heavy atom. The van der Waals surface area contributed by atoms with Gasteiger partial charge in [-0.25, -0.2) is 0 Å². The van der Waals surface area contributed by atoms with Gasteiger partial charge in [0.2, 0.25) is 5.91 Å². The van der Waals surface area contributed by atoms with E-state index in [4.69, 9.17) is 4.74 Å². The van der Waals surface area contributed by atoms with Gasteiger partial charge < -0.3 is 10.1 Å². The van der Waals surface area contributed by atoms with Crippen LogP contribution in [0.3, 0.4) is 0 Å². The molecule has 2 aliphatic heterocycles. The number of carbonyl (C=O) groups is 2. The number of carbonyl (C=O) groups excluding carboxylic acids is 2. The number of amides is 1. The fraction of sp³-hybridized carbons (Fsp3) is 0.846. The van der Waals surface area contributed by atoms with Crippen LogP contribution in [0.5, 0.6) is 0 Å². The third-order valence-electron chi connectivity index (χ3n) is 9.37. The van der Waals surface area contributed by atoms with Gasteiger partial charge in [-0.15, -0.1) is 0 Å². The van der Waals surface area contributed by atoms with Crippen LogP contribution in [0.4, 0.5) is 0 Å². The SMILES string of the molecule is CC(C)CCC[C@@H](C)[C@H]1CC[C@H]2C3=C(CC[C@]12C)[C@@]1(C)CCNC(=O)C[C@@H]1C(=O)O3. The molecule has 2 fully saturated rings. The predicted molar refractivity (Wildman–Crippen MR) is 118 cm³/mol. The van der Waals surface area contributed by atoms with Gasteiger partial charge in [-0.2, -0.15) is 0 Å². The standard InChI is InChI=1S/C26H41NO3/c1-16(2)7-6-8-17(3)18-9-10-19-23-20(11-12-25(18,19)4)26(5)13-14-27-22(28)15-21(26)24(29)30-23/h16-19,21H,6-15H2,1-5H3,(H,27,28)/t17-,18-,19+,21-,25-,26-/m1/s1. The van der Waals surface area contributed by atoms with Gasteiger partial charge in [0, 0.05) is 24.3 Å². The van der Waals surface area contributed by atoms with E-state index >= 15 is 0 Å². The average Bonchev–Trinajstić information content (AvgIpc) is 2.93. The molecule has 0 unspecified atom stereocenters. The molecule has 0 spiro atoms. The van der Waals surface area contributed by atoms with Gasteiger partial charge in [-0.1, -0.05) is 53.9 Å². The number of ether oxygens (including phenoxy) is 1. The van der Waals surface area contributed by atoms with E-state index in [0.29, 0.717) is 18.4 Å². The summed E-state index contributed by atoms with van der Waals surface area (Å²) in [5, 5.41) is 2.98. The lowest BCUT2D eigenvalue weighted by Crippen LogP contribution is -2.47. The van der Waals surface area contributed by atoms with Gasteiger partial charge in [-0.3, -0.25) is 9.59 Å². The lowest BCUT2D eigenvalue weighted by molar-refractivity contribution is -0.156. The van der Waals surface area contributed by atoms with Crippen LogP contribution < -0.4 is 5.32 Å². The Morgan fingerprint density at radius 1 is 1.07 bits per heavy atom. The summed E-state index contributed by atoms with van der Waals surface area (Å²) in [6.45, 7) is 12.4. The Kier molecular flexibility index (Phi) is 5.83. The van der Waals surface area contributed by atoms with Crippen LogP contribution in [0.2, 0.25) is 0 Å². The van der Waals surface area contributed by atoms with E-state index in [0.717, 1.165) is 36.9 Å². The summed E-state index contributed by atoms with van der Waals surface area (Å²) >= 11 is 0. The van der Waals surface area contributed by atoms with Crippen molar-refractivity contribution in [3.8, 4) is 0 Å². The number of allylic oxidation sites excluding steroid dienone is 2. The summed E-state index contributed by atoms with van der Waals surface area (Å²) in [6, 6.07) is 0. The monoisotopic (exact) mass is 415 g/mol. The third-order valence-corrected chi connectivity index (χ3v) is 9.37. The molecule has 1 saturated heterocycles. The molecule has 0 radical (unpaired) electrons. The van der Waals surface area contributed by atoms with Crippen LogP contribution in [0.25, 0.3) is 0 Å². The Morgan fingerprint density at radius 2 is 1.83 bits per heavy atom. The van der Waals surface area contributed by atoms with Gasteiger partial charge in [-0.05, 0) is 60.8 Å². The Labute approximate surface area is 182 Å². The number of esters is 1. The van der Waals surface area contributed by atoms with Crippen molar-refractivity contribution in [3.63, 3.8) is 0 Å². The van der Waals surface area contributed by atoms with Crippen LogP contribution in [0, 0.1) is 40.4 Å². The molecule has 4 heteroatoms. The van der Waals surface area contributed by atoms with Crippen LogP contribution in [0.1, 0.15) is 92.4 Å². The summed E-state index contributed by atoms with van der Waals surface area (Å²) in [6.07, 6.45) is 9.65. The van der Waals surface area contributed by atoms with Gasteiger partial charge in [0.25, 0.3) is 0 Å². The first-order valence-corrected chi connectivity index (χ1v) is 12.4. The lowest BCUT2D eigenvalue weighted by Gasteiger charge is -2.50. The normalized spacial score (nSPS) is 39.6. The highest BCUT2D eigenvalue weighted by molar-refractivity contribution is 5.86. The molecular weight excluding hydrogens is 374 g/mol. The topological polar surface area (TPSA) is 55.4 Å². The molecule has 1 N–H and O–H groups in total. The number of hydrogen-bond acceptors (Lipinski definition) is 3. The quantitative estimate of drug-likeness (QED) is 0.593. The molecule has 1 amide bonds. The van der Waals surface area contributed by atoms with Crippen molar-refractivity contribution in [2.45, 2.75) is 92.4 Å². The second-order valence-electron chi connectivity index (χ2n) is 11.6. The molecule has 2 aliphatic carbocycles. The van der Waals surface area contributed by atoms with E-state index < -0.39 is 0 Å². The van der Waals surface area contributed by atoms with E-state index in [1.165, 1.54) is 37.7 Å². The molecule has 1 saturated carbocycles. The molecule has 4 aliphatic rings. The minimum absolute atomic E-state index is 0.0125. The fourth-order valence-corrected chi connectivity index (χ4v) is 7.47. The largest absolute Gasteiger partial charge is 0.431 e. The average molecular weight is 416 g/mol. The molecule has 4 nitrogen and oxygen atoms in total. The fourth-order valence-electron chi connectivity index (χ4n) is 7.47. The summed E-state index contributed by atoms with van der Waals surface area (Å²) in [5.74, 6) is 3.10. The zero-order chi connectivity index (χ0) is 21.7. The van der Waals surface area contributed by atoms with E-state index in [-0.39, 0.29) is 35.0 Å². The number of nitrogens with one attached hydrogen (secondary N) is 1. The van der Waals surface area contributed by atoms with Gasteiger partial charge in [0.1, 0.15) is 5.76 Å². The molecule has 30 heavy (non-hydrogen) atoms. The van der Waals surface area contributed by atoms with Gasteiger partial charge >= 0.3 is 5.97 Å². The maximum Gasteiger partial charge on any atom is 0.315 e. The Bertz CT molecular complexity index is 741. The number of rotatable bonds is 5. The second kappa shape index (κ2) is 7.98. The van der Waals surface area contributed by atoms with Crippen molar-refractivity contribution < 1.29 is 14.3 Å². The molecule has 6 atom stereocenters. The van der Waals surface area contributed by atoms with Crippen molar-refractivity contribution in [1.82, 2.24) is 5.32 Å². The van der Waals surface area contributed by atoms with E-state index in [9.17, 15) is 9.59 Å². The molecule has 0 aromatic carbocycles. The van der Waals surface area contributed by atoms with Crippen LogP contribution in [-0.2, 0) is 14.3 Å².